The summed E-state index contributed by atoms with van der Waals surface area (Å²) in [5, 5.41) is 1.01. The van der Waals surface area contributed by atoms with Gasteiger partial charge in [-0.2, -0.15) is 4.58 Å². The maximum absolute atomic E-state index is 12.5. The van der Waals surface area contributed by atoms with Crippen LogP contribution in [0, 0.1) is 6.07 Å². The van der Waals surface area contributed by atoms with Gasteiger partial charge in [0.05, 0.1) is 38.3 Å². The molecule has 11 nitrogen and oxygen atoms in total. The molecular formula is C37H34N2Na2O9S2. The first-order valence-electron chi connectivity index (χ1n) is 15.5. The second-order valence-corrected chi connectivity index (χ2v) is 14.9. The van der Waals surface area contributed by atoms with Crippen molar-refractivity contribution < 1.29 is 104 Å². The Balaban J connectivity index is 0.00000364. The van der Waals surface area contributed by atoms with Gasteiger partial charge in [0, 0.05) is 42.6 Å². The zero-order valence-electron chi connectivity index (χ0n) is 29.5. The Morgan fingerprint density at radius 2 is 1.63 bits per heavy atom. The maximum Gasteiger partial charge on any atom is 1.00 e. The minimum atomic E-state index is -4.84. The van der Waals surface area contributed by atoms with Crippen molar-refractivity contribution >= 4 is 60.0 Å². The molecule has 0 aliphatic carbocycles. The van der Waals surface area contributed by atoms with E-state index in [2.05, 4.69) is 6.07 Å². The quantitative estimate of drug-likeness (QED) is 0.0440. The van der Waals surface area contributed by atoms with Gasteiger partial charge in [-0.05, 0) is 60.2 Å². The van der Waals surface area contributed by atoms with Crippen molar-refractivity contribution in [3.8, 4) is 0 Å². The first-order valence-corrected chi connectivity index (χ1v) is 18.5. The Morgan fingerprint density at radius 3 is 2.23 bits per heavy atom. The van der Waals surface area contributed by atoms with Crippen LogP contribution in [0.1, 0.15) is 41.8 Å². The van der Waals surface area contributed by atoms with Gasteiger partial charge in [0.15, 0.2) is 11.4 Å². The smallest absolute Gasteiger partial charge is 0.752 e. The Labute approximate surface area is 348 Å². The van der Waals surface area contributed by atoms with Gasteiger partial charge in [0.25, 0.3) is 0 Å². The van der Waals surface area contributed by atoms with Crippen LogP contribution in [-0.4, -0.2) is 67.5 Å². The molecule has 1 amide bonds. The number of allylic oxidation sites excluding steroid dienone is 3. The third kappa shape index (κ3) is 9.97. The number of benzene rings is 4. The molecule has 0 fully saturated rings. The third-order valence-corrected chi connectivity index (χ3v) is 10.2. The van der Waals surface area contributed by atoms with Crippen LogP contribution in [0.25, 0.3) is 10.8 Å². The fourth-order valence-corrected chi connectivity index (χ4v) is 7.29. The summed E-state index contributed by atoms with van der Waals surface area (Å²) in [6.07, 6.45) is 7.16. The molecule has 1 atom stereocenters. The molecule has 0 bridgehead atoms. The van der Waals surface area contributed by atoms with Crippen LogP contribution in [-0.2, 0) is 41.6 Å². The van der Waals surface area contributed by atoms with E-state index in [4.69, 9.17) is 4.74 Å². The van der Waals surface area contributed by atoms with E-state index in [1.807, 2.05) is 41.8 Å². The van der Waals surface area contributed by atoms with Crippen LogP contribution >= 0.6 is 0 Å². The zero-order valence-corrected chi connectivity index (χ0v) is 35.2. The maximum atomic E-state index is 12.5. The van der Waals surface area contributed by atoms with E-state index in [9.17, 15) is 35.5 Å². The van der Waals surface area contributed by atoms with Crippen LogP contribution in [0.3, 0.4) is 0 Å². The van der Waals surface area contributed by atoms with Gasteiger partial charge in [-0.25, -0.2) is 21.6 Å². The van der Waals surface area contributed by atoms with E-state index in [0.29, 0.717) is 45.4 Å². The Bertz CT molecular complexity index is 2280. The summed E-state index contributed by atoms with van der Waals surface area (Å²) in [4.78, 5) is 25.6. The second-order valence-electron chi connectivity index (χ2n) is 12.0. The van der Waals surface area contributed by atoms with E-state index >= 15 is 0 Å². The molecule has 1 unspecified atom stereocenters. The number of hydrogen-bond acceptors (Lipinski definition) is 9. The van der Waals surface area contributed by atoms with Gasteiger partial charge >= 0.3 is 65.1 Å². The van der Waals surface area contributed by atoms with Crippen molar-refractivity contribution in [3.05, 3.63) is 126 Å². The molecule has 0 N–H and O–H groups in total. The van der Waals surface area contributed by atoms with E-state index < -0.39 is 42.3 Å². The first-order chi connectivity index (χ1) is 23.6. The van der Waals surface area contributed by atoms with Crippen molar-refractivity contribution in [3.63, 3.8) is 0 Å². The van der Waals surface area contributed by atoms with Gasteiger partial charge in [-0.1, -0.05) is 41.8 Å². The number of carbonyl (C=O) groups excluding carboxylic acids is 2. The SMILES string of the molecule is COC(=O)c1ccc(CC2(C)C(/C=C/C=C/N(C(C)=O)c3ccccc3)=[N+](CCCS(=O)(=O)[O-])c3ccc4[c-]cc(S(=O)(=O)[O-])cc4c32)cc1.[Na+].[Na+]. The number of hydrogen-bond donors (Lipinski definition) is 0. The number of amides is 1. The molecule has 4 aromatic carbocycles. The Hall–Kier alpha value is -2.95. The van der Waals surface area contributed by atoms with E-state index in [-0.39, 0.29) is 78.0 Å². The first kappa shape index (κ1) is 43.5. The number of methoxy groups -OCH3 is 1. The molecular weight excluding hydrogens is 727 g/mol. The molecule has 5 rings (SSSR count). The van der Waals surface area contributed by atoms with Crippen LogP contribution in [0.15, 0.2) is 108 Å². The predicted octanol–water partition coefficient (Wildman–Crippen LogP) is -1.00. The molecule has 0 radical (unpaired) electrons. The van der Waals surface area contributed by atoms with Crippen molar-refractivity contribution in [2.45, 2.75) is 37.0 Å². The average Bonchev–Trinajstić information content (AvgIpc) is 3.30. The molecule has 1 heterocycles. The molecule has 15 heteroatoms. The number of fused-ring (bicyclic) bond motifs is 3. The number of anilines is 1. The van der Waals surface area contributed by atoms with Gasteiger partial charge in [0.2, 0.25) is 5.91 Å². The molecule has 0 spiro atoms. The Kier molecular flexibility index (Phi) is 15.0. The fourth-order valence-electron chi connectivity index (χ4n) is 6.34. The summed E-state index contributed by atoms with van der Waals surface area (Å²) in [5.74, 6) is -1.32. The summed E-state index contributed by atoms with van der Waals surface area (Å²) in [5.41, 5.74) is 2.84. The van der Waals surface area contributed by atoms with Crippen LogP contribution in [0.4, 0.5) is 11.4 Å². The summed E-state index contributed by atoms with van der Waals surface area (Å²) < 4.78 is 77.9. The zero-order chi connectivity index (χ0) is 36.3. The largest absolute Gasteiger partial charge is 1.00 e. The Morgan fingerprint density at radius 1 is 0.962 bits per heavy atom. The second kappa shape index (κ2) is 17.9. The predicted molar refractivity (Wildman–Crippen MR) is 186 cm³/mol. The monoisotopic (exact) mass is 760 g/mol. The molecule has 0 saturated carbocycles. The number of carbonyl (C=O) groups is 2. The summed E-state index contributed by atoms with van der Waals surface area (Å²) in [6.45, 7) is 3.50. The number of nitrogens with zero attached hydrogens (tertiary/aromatic N) is 2. The minimum Gasteiger partial charge on any atom is -0.752 e. The van der Waals surface area contributed by atoms with Gasteiger partial charge < -0.3 is 13.8 Å². The van der Waals surface area contributed by atoms with E-state index in [1.54, 1.807) is 60.8 Å². The number of esters is 1. The molecule has 1 aliphatic heterocycles. The summed E-state index contributed by atoms with van der Waals surface area (Å²) in [7, 11) is -8.07. The molecule has 4 aromatic rings. The number of ether oxygens (including phenoxy) is 1. The van der Waals surface area contributed by atoms with Gasteiger partial charge in [-0.15, -0.1) is 29.7 Å². The summed E-state index contributed by atoms with van der Waals surface area (Å²) in [6, 6.07) is 24.8. The average molecular weight is 761 g/mol. The molecule has 0 aromatic heterocycles. The van der Waals surface area contributed by atoms with Crippen molar-refractivity contribution in [1.82, 2.24) is 0 Å². The van der Waals surface area contributed by atoms with Crippen LogP contribution in [0.2, 0.25) is 0 Å². The molecule has 260 valence electrons. The van der Waals surface area contributed by atoms with Crippen molar-refractivity contribution in [2.75, 3.05) is 24.3 Å². The minimum absolute atomic E-state index is 0. The van der Waals surface area contributed by atoms with Gasteiger partial charge in [-0.3, -0.25) is 9.69 Å². The van der Waals surface area contributed by atoms with Crippen molar-refractivity contribution in [2.24, 2.45) is 0 Å². The van der Waals surface area contributed by atoms with Crippen LogP contribution in [0.5, 0.6) is 0 Å². The topological polar surface area (TPSA) is 164 Å². The van der Waals surface area contributed by atoms with E-state index in [1.165, 1.54) is 25.0 Å². The normalized spacial score (nSPS) is 15.7. The molecule has 1 aliphatic rings. The standard InChI is InChI=1S/C37H36N2O9S2.2Na/c1-26(40)38(30-10-5-4-6-11-30)21-8-7-12-34-37(2,25-27-13-15-29(16-14-27)36(41)48-3)35-32-24-31(50(45,46)47)19-17-28(32)18-20-33(35)39(34)22-9-23-49(42,43)44;;/h4-8,10-16,18-21,24H,9,22-23,25H2,1-3H3,(H,42,43,44)(H,45,46,47);;/q;2*+1/p-2. The van der Waals surface area contributed by atoms with Crippen LogP contribution < -0.4 is 64.0 Å². The summed E-state index contributed by atoms with van der Waals surface area (Å²) >= 11 is 0. The molecule has 0 saturated heterocycles. The van der Waals surface area contributed by atoms with Gasteiger partial charge in [0.1, 0.15) is 6.54 Å². The molecule has 52 heavy (non-hydrogen) atoms. The third-order valence-electron chi connectivity index (χ3n) is 8.55. The van der Waals surface area contributed by atoms with E-state index in [0.717, 1.165) is 11.6 Å². The fraction of sp³-hybridized carbons (Fsp3) is 0.216. The number of rotatable bonds is 12. The van der Waals surface area contributed by atoms with Crippen molar-refractivity contribution in [1.29, 1.82) is 0 Å². The number of para-hydroxylation sites is 1.